The number of anilines is 1. The molecule has 1 saturated heterocycles. The summed E-state index contributed by atoms with van der Waals surface area (Å²) in [5.41, 5.74) is 2.30. The van der Waals surface area contributed by atoms with Crippen LogP contribution in [0.15, 0.2) is 0 Å². The number of rotatable bonds is 4. The second kappa shape index (κ2) is 7.86. The highest BCUT2D eigenvalue weighted by molar-refractivity contribution is 5.96. The van der Waals surface area contributed by atoms with E-state index < -0.39 is 0 Å². The normalized spacial score (nSPS) is 22.7. The first-order valence-electron chi connectivity index (χ1n) is 10.9. The Hall–Kier alpha value is -1.49. The molecule has 3 heterocycles. The number of fused-ring (bicyclic) bond motifs is 1. The van der Waals surface area contributed by atoms with E-state index in [-0.39, 0.29) is 5.91 Å². The van der Waals surface area contributed by atoms with Crippen molar-refractivity contribution in [2.75, 3.05) is 24.5 Å². The topological polar surface area (TPSA) is 49.3 Å². The Morgan fingerprint density at radius 3 is 2.41 bits per heavy atom. The van der Waals surface area contributed by atoms with E-state index in [9.17, 15) is 4.79 Å². The van der Waals surface area contributed by atoms with Gasteiger partial charge in [0, 0.05) is 36.2 Å². The van der Waals surface area contributed by atoms with Gasteiger partial charge in [0.25, 0.3) is 0 Å². The van der Waals surface area contributed by atoms with E-state index in [1.165, 1.54) is 24.9 Å². The molecular weight excluding hydrogens is 336 g/mol. The molecule has 0 spiro atoms. The Labute approximate surface area is 163 Å². The number of likely N-dealkylation sites (tertiary alicyclic amines) is 1. The van der Waals surface area contributed by atoms with Crippen molar-refractivity contribution < 1.29 is 4.79 Å². The lowest BCUT2D eigenvalue weighted by atomic mass is 9.94. The molecular formula is C22H34N4O. The van der Waals surface area contributed by atoms with Crippen molar-refractivity contribution in [1.82, 2.24) is 14.9 Å². The van der Waals surface area contributed by atoms with Crippen molar-refractivity contribution >= 4 is 11.7 Å². The Morgan fingerprint density at radius 2 is 1.74 bits per heavy atom. The predicted octanol–water partition coefficient (Wildman–Crippen LogP) is 3.84. The largest absolute Gasteiger partial charge is 0.303 e. The maximum absolute atomic E-state index is 12.7. The SMILES string of the molecule is Cc1nc(C2CCN(CC(C)C)CC2)nc2c1CCC(=O)N2C1CCCC1. The Bertz CT molecular complexity index is 688. The number of carbonyl (C=O) groups excluding carboxylic acids is 1. The fourth-order valence-electron chi connectivity index (χ4n) is 5.18. The molecule has 148 valence electrons. The molecule has 1 aromatic rings. The van der Waals surface area contributed by atoms with Crippen LogP contribution in [-0.4, -0.2) is 46.5 Å². The number of hydrogen-bond acceptors (Lipinski definition) is 4. The second-order valence-electron chi connectivity index (χ2n) is 9.14. The monoisotopic (exact) mass is 370 g/mol. The fourth-order valence-corrected chi connectivity index (χ4v) is 5.18. The van der Waals surface area contributed by atoms with Gasteiger partial charge in [-0.2, -0.15) is 0 Å². The van der Waals surface area contributed by atoms with Crippen molar-refractivity contribution in [2.24, 2.45) is 5.92 Å². The van der Waals surface area contributed by atoms with Crippen LogP contribution in [0.2, 0.25) is 0 Å². The first-order valence-corrected chi connectivity index (χ1v) is 10.9. The lowest BCUT2D eigenvalue weighted by Crippen LogP contribution is -2.43. The van der Waals surface area contributed by atoms with Gasteiger partial charge in [-0.15, -0.1) is 0 Å². The quantitative estimate of drug-likeness (QED) is 0.808. The van der Waals surface area contributed by atoms with Gasteiger partial charge in [-0.05, 0) is 58.0 Å². The minimum absolute atomic E-state index is 0.269. The number of piperidine rings is 1. The number of carbonyl (C=O) groups is 1. The summed E-state index contributed by atoms with van der Waals surface area (Å²) in [6, 6.07) is 0.353. The molecule has 1 saturated carbocycles. The maximum Gasteiger partial charge on any atom is 0.228 e. The molecule has 5 heteroatoms. The second-order valence-corrected chi connectivity index (χ2v) is 9.14. The van der Waals surface area contributed by atoms with E-state index in [0.717, 1.165) is 68.4 Å². The van der Waals surface area contributed by atoms with Gasteiger partial charge >= 0.3 is 0 Å². The number of amides is 1. The molecule has 3 aliphatic rings. The first kappa shape index (κ1) is 18.9. The molecule has 0 radical (unpaired) electrons. The summed E-state index contributed by atoms with van der Waals surface area (Å²) in [7, 11) is 0. The zero-order valence-corrected chi connectivity index (χ0v) is 17.2. The third-order valence-corrected chi connectivity index (χ3v) is 6.56. The zero-order valence-electron chi connectivity index (χ0n) is 17.2. The molecule has 2 aliphatic heterocycles. The molecule has 0 aromatic carbocycles. The Kier molecular flexibility index (Phi) is 5.49. The summed E-state index contributed by atoms with van der Waals surface area (Å²) in [5.74, 6) is 3.35. The Balaban J connectivity index is 1.57. The van der Waals surface area contributed by atoms with E-state index >= 15 is 0 Å². The van der Waals surface area contributed by atoms with Gasteiger partial charge in [0.1, 0.15) is 11.6 Å². The zero-order chi connectivity index (χ0) is 19.0. The van der Waals surface area contributed by atoms with Crippen molar-refractivity contribution in [2.45, 2.75) is 84.1 Å². The van der Waals surface area contributed by atoms with Gasteiger partial charge < -0.3 is 4.90 Å². The third kappa shape index (κ3) is 3.89. The standard InChI is InChI=1S/C22H34N4O/c1-15(2)14-25-12-10-17(11-13-25)21-23-16(3)19-8-9-20(27)26(22(19)24-21)18-6-4-5-7-18/h15,17-18H,4-14H2,1-3H3. The average molecular weight is 371 g/mol. The predicted molar refractivity (Wildman–Crippen MR) is 108 cm³/mol. The van der Waals surface area contributed by atoms with E-state index in [1.807, 2.05) is 0 Å². The molecule has 1 aromatic heterocycles. The van der Waals surface area contributed by atoms with Gasteiger partial charge in [0.15, 0.2) is 0 Å². The van der Waals surface area contributed by atoms with Gasteiger partial charge in [0.05, 0.1) is 0 Å². The summed E-state index contributed by atoms with van der Waals surface area (Å²) < 4.78 is 0. The highest BCUT2D eigenvalue weighted by atomic mass is 16.2. The molecule has 0 N–H and O–H groups in total. The highest BCUT2D eigenvalue weighted by Crippen LogP contribution is 2.36. The third-order valence-electron chi connectivity index (χ3n) is 6.56. The summed E-state index contributed by atoms with van der Waals surface area (Å²) in [4.78, 5) is 27.3. The summed E-state index contributed by atoms with van der Waals surface area (Å²) in [5, 5.41) is 0. The summed E-state index contributed by atoms with van der Waals surface area (Å²) >= 11 is 0. The van der Waals surface area contributed by atoms with Gasteiger partial charge in [0.2, 0.25) is 5.91 Å². The van der Waals surface area contributed by atoms with Crippen LogP contribution in [0.25, 0.3) is 0 Å². The van der Waals surface area contributed by atoms with Crippen LogP contribution >= 0.6 is 0 Å². The smallest absolute Gasteiger partial charge is 0.228 e. The van der Waals surface area contributed by atoms with E-state index in [2.05, 4.69) is 30.6 Å². The fraction of sp³-hybridized carbons (Fsp3) is 0.773. The molecule has 2 fully saturated rings. The molecule has 0 bridgehead atoms. The number of aromatic nitrogens is 2. The van der Waals surface area contributed by atoms with Crippen molar-refractivity contribution in [1.29, 1.82) is 0 Å². The van der Waals surface area contributed by atoms with E-state index in [0.29, 0.717) is 18.4 Å². The van der Waals surface area contributed by atoms with Crippen LogP contribution in [0.5, 0.6) is 0 Å². The van der Waals surface area contributed by atoms with Crippen LogP contribution < -0.4 is 4.90 Å². The number of hydrogen-bond donors (Lipinski definition) is 0. The van der Waals surface area contributed by atoms with E-state index in [1.54, 1.807) is 0 Å². The van der Waals surface area contributed by atoms with Crippen LogP contribution in [0.1, 0.15) is 81.8 Å². The minimum Gasteiger partial charge on any atom is -0.303 e. The van der Waals surface area contributed by atoms with Crippen molar-refractivity contribution in [3.63, 3.8) is 0 Å². The van der Waals surface area contributed by atoms with Gasteiger partial charge in [-0.1, -0.05) is 26.7 Å². The summed E-state index contributed by atoms with van der Waals surface area (Å²) in [6.07, 6.45) is 8.37. The van der Waals surface area contributed by atoms with Crippen molar-refractivity contribution in [3.05, 3.63) is 17.1 Å². The maximum atomic E-state index is 12.7. The highest BCUT2D eigenvalue weighted by Gasteiger charge is 2.35. The molecule has 1 aliphatic carbocycles. The number of nitrogens with zero attached hydrogens (tertiary/aromatic N) is 4. The van der Waals surface area contributed by atoms with Crippen molar-refractivity contribution in [3.8, 4) is 0 Å². The molecule has 4 rings (SSSR count). The molecule has 5 nitrogen and oxygen atoms in total. The number of aryl methyl sites for hydroxylation is 1. The minimum atomic E-state index is 0.269. The lowest BCUT2D eigenvalue weighted by Gasteiger charge is -2.35. The lowest BCUT2D eigenvalue weighted by molar-refractivity contribution is -0.119. The van der Waals surface area contributed by atoms with Crippen LogP contribution in [0, 0.1) is 12.8 Å². The Morgan fingerprint density at radius 1 is 1.04 bits per heavy atom. The molecule has 0 unspecified atom stereocenters. The van der Waals surface area contributed by atoms with Gasteiger partial charge in [-0.25, -0.2) is 9.97 Å². The molecule has 27 heavy (non-hydrogen) atoms. The first-order chi connectivity index (χ1) is 13.0. The van der Waals surface area contributed by atoms with Crippen LogP contribution in [0.4, 0.5) is 5.82 Å². The molecule has 0 atom stereocenters. The van der Waals surface area contributed by atoms with Gasteiger partial charge in [-0.3, -0.25) is 9.69 Å². The van der Waals surface area contributed by atoms with Crippen LogP contribution in [0.3, 0.4) is 0 Å². The summed E-state index contributed by atoms with van der Waals surface area (Å²) in [6.45, 7) is 10.1. The van der Waals surface area contributed by atoms with Crippen LogP contribution in [-0.2, 0) is 11.2 Å². The molecule has 1 amide bonds. The average Bonchev–Trinajstić information content (AvgIpc) is 3.15. The van der Waals surface area contributed by atoms with E-state index in [4.69, 9.17) is 9.97 Å².